The normalized spacial score (nSPS) is 10.9. The fourth-order valence-corrected chi connectivity index (χ4v) is 2.88. The summed E-state index contributed by atoms with van der Waals surface area (Å²) in [5.41, 5.74) is 2.06. The molecule has 2 heterocycles. The van der Waals surface area contributed by atoms with Crippen molar-refractivity contribution in [1.82, 2.24) is 9.97 Å². The molecule has 3 nitrogen and oxygen atoms in total. The molecular formula is C11H14N2OS2. The number of rotatable bonds is 3. The van der Waals surface area contributed by atoms with Crippen LogP contribution < -0.4 is 0 Å². The quantitative estimate of drug-likeness (QED) is 0.855. The molecule has 0 unspecified atom stereocenters. The van der Waals surface area contributed by atoms with Crippen LogP contribution in [0.1, 0.15) is 28.9 Å². The average molecular weight is 254 g/mol. The van der Waals surface area contributed by atoms with Crippen molar-refractivity contribution in [3.05, 3.63) is 15.6 Å². The summed E-state index contributed by atoms with van der Waals surface area (Å²) in [6.07, 6.45) is 2.06. The summed E-state index contributed by atoms with van der Waals surface area (Å²) in [5, 5.41) is 0.537. The number of H-pyrrole nitrogens is 1. The summed E-state index contributed by atoms with van der Waals surface area (Å²) in [5.74, 6) is 1.03. The molecule has 0 bridgehead atoms. The van der Waals surface area contributed by atoms with Crippen molar-refractivity contribution in [3.63, 3.8) is 0 Å². The van der Waals surface area contributed by atoms with Crippen molar-refractivity contribution >= 4 is 39.6 Å². The van der Waals surface area contributed by atoms with E-state index in [1.807, 2.05) is 0 Å². The number of aromatic nitrogens is 2. The van der Waals surface area contributed by atoms with Crippen LogP contribution in [0.15, 0.2) is 0 Å². The van der Waals surface area contributed by atoms with Crippen molar-refractivity contribution in [1.29, 1.82) is 0 Å². The predicted octanol–water partition coefficient (Wildman–Crippen LogP) is 3.21. The monoisotopic (exact) mass is 254 g/mol. The van der Waals surface area contributed by atoms with Crippen LogP contribution in [-0.2, 0) is 11.2 Å². The second kappa shape index (κ2) is 4.51. The van der Waals surface area contributed by atoms with Crippen LogP contribution in [0.5, 0.6) is 0 Å². The van der Waals surface area contributed by atoms with Gasteiger partial charge in [-0.1, -0.05) is 6.92 Å². The van der Waals surface area contributed by atoms with Crippen LogP contribution in [0.3, 0.4) is 0 Å². The van der Waals surface area contributed by atoms with Crippen molar-refractivity contribution in [2.75, 3.05) is 7.11 Å². The molecule has 86 valence electrons. The van der Waals surface area contributed by atoms with Crippen molar-refractivity contribution in [3.8, 4) is 0 Å². The highest BCUT2D eigenvalue weighted by molar-refractivity contribution is 7.80. The van der Waals surface area contributed by atoms with E-state index < -0.39 is 0 Å². The van der Waals surface area contributed by atoms with E-state index in [-0.39, 0.29) is 0 Å². The number of fused-ring (bicyclic) bond motifs is 1. The summed E-state index contributed by atoms with van der Waals surface area (Å²) in [4.78, 5) is 10.1. The van der Waals surface area contributed by atoms with E-state index in [0.717, 1.165) is 34.6 Å². The van der Waals surface area contributed by atoms with Crippen LogP contribution >= 0.6 is 23.6 Å². The largest absolute Gasteiger partial charge is 0.486 e. The third kappa shape index (κ3) is 1.85. The van der Waals surface area contributed by atoms with Gasteiger partial charge in [0.2, 0.25) is 5.05 Å². The van der Waals surface area contributed by atoms with Crippen LogP contribution in [0.4, 0.5) is 0 Å². The standard InChI is InChI=1S/C11H14N2OS2/c1-4-5-7-12-8-6(2)16-10(9(8)13-7)11(15)14-3/h4-5H2,1-3H3,(H,12,13). The Morgan fingerprint density at radius 1 is 1.56 bits per heavy atom. The Labute approximate surface area is 104 Å². The van der Waals surface area contributed by atoms with Gasteiger partial charge in [-0.25, -0.2) is 4.98 Å². The van der Waals surface area contributed by atoms with Gasteiger partial charge in [-0.3, -0.25) is 0 Å². The highest BCUT2D eigenvalue weighted by atomic mass is 32.1. The van der Waals surface area contributed by atoms with Gasteiger partial charge in [-0.05, 0) is 25.6 Å². The number of methoxy groups -OCH3 is 1. The minimum absolute atomic E-state index is 0.537. The molecule has 0 amide bonds. The Hall–Kier alpha value is -0.940. The lowest BCUT2D eigenvalue weighted by Crippen LogP contribution is -1.96. The molecule has 0 spiro atoms. The first-order valence-electron chi connectivity index (χ1n) is 5.23. The van der Waals surface area contributed by atoms with Crippen molar-refractivity contribution < 1.29 is 4.74 Å². The van der Waals surface area contributed by atoms with E-state index >= 15 is 0 Å². The van der Waals surface area contributed by atoms with E-state index in [0.29, 0.717) is 5.05 Å². The molecule has 16 heavy (non-hydrogen) atoms. The lowest BCUT2D eigenvalue weighted by Gasteiger charge is -1.97. The molecule has 0 radical (unpaired) electrons. The molecule has 0 aromatic carbocycles. The van der Waals surface area contributed by atoms with Gasteiger partial charge in [0.15, 0.2) is 0 Å². The fourth-order valence-electron chi connectivity index (χ4n) is 1.69. The summed E-state index contributed by atoms with van der Waals surface area (Å²) in [7, 11) is 1.60. The number of thiophene rings is 1. The molecular weight excluding hydrogens is 240 g/mol. The van der Waals surface area contributed by atoms with Gasteiger partial charge in [-0.2, -0.15) is 0 Å². The van der Waals surface area contributed by atoms with Gasteiger partial charge in [0.05, 0.1) is 12.6 Å². The van der Waals surface area contributed by atoms with E-state index in [1.165, 1.54) is 4.88 Å². The van der Waals surface area contributed by atoms with Gasteiger partial charge in [0.25, 0.3) is 0 Å². The highest BCUT2D eigenvalue weighted by Gasteiger charge is 2.16. The molecule has 5 heteroatoms. The predicted molar refractivity (Wildman–Crippen MR) is 71.4 cm³/mol. The Kier molecular flexibility index (Phi) is 3.25. The molecule has 0 aliphatic carbocycles. The number of hydrogen-bond acceptors (Lipinski definition) is 4. The highest BCUT2D eigenvalue weighted by Crippen LogP contribution is 2.30. The zero-order valence-corrected chi connectivity index (χ0v) is 11.2. The van der Waals surface area contributed by atoms with E-state index in [2.05, 4.69) is 23.8 Å². The minimum atomic E-state index is 0.537. The van der Waals surface area contributed by atoms with Gasteiger partial charge < -0.3 is 9.72 Å². The molecule has 0 aliphatic rings. The Morgan fingerprint density at radius 2 is 2.31 bits per heavy atom. The number of aromatic amines is 1. The molecule has 0 saturated heterocycles. The number of ether oxygens (including phenoxy) is 1. The second-order valence-corrected chi connectivity index (χ2v) is 5.23. The number of thiocarbonyl (C=S) groups is 1. The molecule has 2 rings (SSSR count). The lowest BCUT2D eigenvalue weighted by molar-refractivity contribution is 0.417. The fraction of sp³-hybridized carbons (Fsp3) is 0.455. The minimum Gasteiger partial charge on any atom is -0.486 e. The Balaban J connectivity index is 2.54. The third-order valence-corrected chi connectivity index (χ3v) is 4.02. The second-order valence-electron chi connectivity index (χ2n) is 3.64. The summed E-state index contributed by atoms with van der Waals surface area (Å²) >= 11 is 6.81. The maximum Gasteiger partial charge on any atom is 0.203 e. The first-order valence-corrected chi connectivity index (χ1v) is 6.46. The van der Waals surface area contributed by atoms with Gasteiger partial charge in [-0.15, -0.1) is 11.3 Å². The average Bonchev–Trinajstić information content (AvgIpc) is 2.79. The first kappa shape index (κ1) is 11.5. The number of imidazole rings is 1. The van der Waals surface area contributed by atoms with Crippen LogP contribution in [0, 0.1) is 6.92 Å². The molecule has 0 atom stereocenters. The van der Waals surface area contributed by atoms with Crippen LogP contribution in [0.25, 0.3) is 11.0 Å². The summed E-state index contributed by atoms with van der Waals surface area (Å²) in [6.45, 7) is 4.20. The van der Waals surface area contributed by atoms with E-state index in [1.54, 1.807) is 18.4 Å². The maximum atomic E-state index is 5.18. The van der Waals surface area contributed by atoms with Gasteiger partial charge in [0.1, 0.15) is 16.2 Å². The zero-order valence-electron chi connectivity index (χ0n) is 9.59. The molecule has 2 aromatic heterocycles. The Bertz CT molecular complexity index is 527. The van der Waals surface area contributed by atoms with Crippen LogP contribution in [0.2, 0.25) is 0 Å². The SMILES string of the molecule is CCCc1nc2c(C)sc(C(=S)OC)c2[nH]1. The van der Waals surface area contributed by atoms with Crippen molar-refractivity contribution in [2.45, 2.75) is 26.7 Å². The first-order chi connectivity index (χ1) is 7.67. The zero-order chi connectivity index (χ0) is 11.7. The number of nitrogens with one attached hydrogen (secondary N) is 1. The third-order valence-electron chi connectivity index (χ3n) is 2.43. The molecule has 0 aliphatic heterocycles. The maximum absolute atomic E-state index is 5.18. The summed E-state index contributed by atoms with van der Waals surface area (Å²) < 4.78 is 5.12. The summed E-state index contributed by atoms with van der Waals surface area (Å²) in [6, 6.07) is 0. The topological polar surface area (TPSA) is 37.9 Å². The number of aryl methyl sites for hydroxylation is 2. The van der Waals surface area contributed by atoms with Crippen molar-refractivity contribution in [2.24, 2.45) is 0 Å². The molecule has 2 aromatic rings. The van der Waals surface area contributed by atoms with E-state index in [9.17, 15) is 0 Å². The van der Waals surface area contributed by atoms with E-state index in [4.69, 9.17) is 17.0 Å². The number of nitrogens with zero attached hydrogens (tertiary/aromatic N) is 1. The lowest BCUT2D eigenvalue weighted by atomic mass is 10.3. The van der Waals surface area contributed by atoms with Gasteiger partial charge >= 0.3 is 0 Å². The molecule has 0 saturated carbocycles. The van der Waals surface area contributed by atoms with Gasteiger partial charge in [0, 0.05) is 11.3 Å². The van der Waals surface area contributed by atoms with Crippen LogP contribution in [-0.4, -0.2) is 22.1 Å². The number of hydrogen-bond donors (Lipinski definition) is 1. The Morgan fingerprint density at radius 3 is 2.94 bits per heavy atom. The molecule has 1 N–H and O–H groups in total. The smallest absolute Gasteiger partial charge is 0.203 e. The molecule has 0 fully saturated rings.